The Morgan fingerprint density at radius 2 is 1.58 bits per heavy atom. The largest absolute Gasteiger partial charge is 0.467 e. The van der Waals surface area contributed by atoms with E-state index in [9.17, 15) is 4.79 Å². The highest BCUT2D eigenvalue weighted by Gasteiger charge is 2.53. The van der Waals surface area contributed by atoms with E-state index in [4.69, 9.17) is 16.3 Å². The van der Waals surface area contributed by atoms with Crippen LogP contribution in [0.15, 0.2) is 120 Å². The molecular weight excluding hydrogens is 486 g/mol. The van der Waals surface area contributed by atoms with Gasteiger partial charge in [0.2, 0.25) is 5.72 Å². The average Bonchev–Trinajstić information content (AvgIpc) is 3.05. The fourth-order valence-electron chi connectivity index (χ4n) is 5.23. The van der Waals surface area contributed by atoms with Gasteiger partial charge >= 0.3 is 0 Å². The third-order valence-corrected chi connectivity index (χ3v) is 8.36. The number of anilines is 1. The Balaban J connectivity index is 1.62. The van der Waals surface area contributed by atoms with Crippen LogP contribution in [0.4, 0.5) is 5.69 Å². The first-order chi connectivity index (χ1) is 17.6. The summed E-state index contributed by atoms with van der Waals surface area (Å²) in [5, 5.41) is 0.702. The molecule has 0 aliphatic carbocycles. The van der Waals surface area contributed by atoms with Gasteiger partial charge in [0.05, 0.1) is 11.3 Å². The second-order valence-electron chi connectivity index (χ2n) is 9.02. The van der Waals surface area contributed by atoms with Crippen molar-refractivity contribution in [2.24, 2.45) is 0 Å². The lowest BCUT2D eigenvalue weighted by Crippen LogP contribution is -2.55. The number of halogens is 1. The fraction of sp³-hybridized carbons (Fsp3) is 0.129. The number of ether oxygens (including phenoxy) is 1. The van der Waals surface area contributed by atoms with E-state index in [0.29, 0.717) is 22.8 Å². The number of para-hydroxylation sites is 1. The summed E-state index contributed by atoms with van der Waals surface area (Å²) in [4.78, 5) is 17.4. The van der Waals surface area contributed by atoms with Crippen LogP contribution in [-0.4, -0.2) is 5.91 Å². The molecular formula is C31H24ClNO2S. The van der Waals surface area contributed by atoms with E-state index in [1.165, 1.54) is 0 Å². The van der Waals surface area contributed by atoms with Gasteiger partial charge in [-0.25, -0.2) is 0 Å². The molecule has 2 heterocycles. The summed E-state index contributed by atoms with van der Waals surface area (Å²) in [6.07, 6.45) is 0.557. The molecule has 4 aromatic carbocycles. The Morgan fingerprint density at radius 3 is 2.33 bits per heavy atom. The number of nitrogens with zero attached hydrogens (tertiary/aromatic N) is 1. The van der Waals surface area contributed by atoms with Crippen molar-refractivity contribution < 1.29 is 9.53 Å². The smallest absolute Gasteiger partial charge is 0.265 e. The van der Waals surface area contributed by atoms with Gasteiger partial charge in [-0.05, 0) is 42.3 Å². The van der Waals surface area contributed by atoms with Crippen LogP contribution in [0.2, 0.25) is 5.02 Å². The van der Waals surface area contributed by atoms with E-state index < -0.39 is 5.72 Å². The maximum absolute atomic E-state index is 14.5. The number of rotatable bonds is 3. The SMILES string of the molecule is CC1=C(c2ccccc2)C(=O)N2c3ccccc3SC(c3cccc(Cl)c3)CC2(c2ccccc2)O1. The number of thioether (sulfide) groups is 1. The van der Waals surface area contributed by atoms with Crippen molar-refractivity contribution in [2.45, 2.75) is 29.2 Å². The van der Waals surface area contributed by atoms with Gasteiger partial charge in [-0.1, -0.05) is 96.5 Å². The van der Waals surface area contributed by atoms with Crippen LogP contribution in [0.1, 0.15) is 35.3 Å². The first-order valence-electron chi connectivity index (χ1n) is 11.9. The van der Waals surface area contributed by atoms with Gasteiger partial charge in [0, 0.05) is 27.2 Å². The number of carbonyl (C=O) groups excluding carboxylic acids is 1. The molecule has 0 bridgehead atoms. The van der Waals surface area contributed by atoms with Gasteiger partial charge in [-0.3, -0.25) is 9.69 Å². The van der Waals surface area contributed by atoms with Crippen molar-refractivity contribution in [1.82, 2.24) is 0 Å². The molecule has 0 N–H and O–H groups in total. The van der Waals surface area contributed by atoms with E-state index in [2.05, 4.69) is 24.3 Å². The molecule has 36 heavy (non-hydrogen) atoms. The predicted molar refractivity (Wildman–Crippen MR) is 147 cm³/mol. The Bertz CT molecular complexity index is 1470. The highest BCUT2D eigenvalue weighted by Crippen LogP contribution is 2.57. The first kappa shape index (κ1) is 23.0. The third-order valence-electron chi connectivity index (χ3n) is 6.80. The van der Waals surface area contributed by atoms with Crippen molar-refractivity contribution in [1.29, 1.82) is 0 Å². The molecule has 3 nitrogen and oxygen atoms in total. The normalized spacial score (nSPS) is 21.3. The number of amides is 1. The molecule has 0 radical (unpaired) electrons. The first-order valence-corrected chi connectivity index (χ1v) is 13.2. The number of hydrogen-bond donors (Lipinski definition) is 0. The lowest BCUT2D eigenvalue weighted by atomic mass is 9.89. The van der Waals surface area contributed by atoms with Crippen LogP contribution < -0.4 is 4.90 Å². The van der Waals surface area contributed by atoms with Gasteiger partial charge in [-0.2, -0.15) is 0 Å². The Labute approximate surface area is 220 Å². The van der Waals surface area contributed by atoms with Crippen molar-refractivity contribution in [2.75, 3.05) is 4.90 Å². The molecule has 2 aliphatic heterocycles. The number of fused-ring (bicyclic) bond motifs is 3. The monoisotopic (exact) mass is 509 g/mol. The quantitative estimate of drug-likeness (QED) is 0.278. The number of carbonyl (C=O) groups is 1. The van der Waals surface area contributed by atoms with Gasteiger partial charge in [0.25, 0.3) is 5.91 Å². The number of benzene rings is 4. The molecule has 0 saturated carbocycles. The predicted octanol–water partition coefficient (Wildman–Crippen LogP) is 8.22. The molecule has 0 saturated heterocycles. The summed E-state index contributed by atoms with van der Waals surface area (Å²) in [7, 11) is 0. The summed E-state index contributed by atoms with van der Waals surface area (Å²) in [6.45, 7) is 1.90. The van der Waals surface area contributed by atoms with Crippen LogP contribution in [0, 0.1) is 0 Å². The summed E-state index contributed by atoms with van der Waals surface area (Å²) >= 11 is 8.16. The Hall–Kier alpha value is -3.47. The van der Waals surface area contributed by atoms with E-state index in [1.807, 2.05) is 96.8 Å². The summed E-state index contributed by atoms with van der Waals surface area (Å²) in [5.74, 6) is 0.564. The van der Waals surface area contributed by atoms with Gasteiger partial charge in [-0.15, -0.1) is 11.8 Å². The Morgan fingerprint density at radius 1 is 0.889 bits per heavy atom. The molecule has 1 amide bonds. The summed E-state index contributed by atoms with van der Waals surface area (Å²) in [5.41, 5.74) is 3.31. The van der Waals surface area contributed by atoms with Crippen molar-refractivity contribution in [3.05, 3.63) is 137 Å². The van der Waals surface area contributed by atoms with E-state index >= 15 is 0 Å². The minimum Gasteiger partial charge on any atom is -0.467 e. The minimum absolute atomic E-state index is 0.00827. The zero-order valence-corrected chi connectivity index (χ0v) is 21.3. The molecule has 0 aromatic heterocycles. The van der Waals surface area contributed by atoms with Crippen LogP contribution in [0.25, 0.3) is 5.57 Å². The van der Waals surface area contributed by atoms with Crippen LogP contribution >= 0.6 is 23.4 Å². The Kier molecular flexibility index (Phi) is 5.87. The molecule has 0 spiro atoms. The lowest BCUT2D eigenvalue weighted by molar-refractivity contribution is -0.123. The highest BCUT2D eigenvalue weighted by molar-refractivity contribution is 7.99. The molecule has 178 valence electrons. The van der Waals surface area contributed by atoms with Gasteiger partial charge in [0.1, 0.15) is 5.76 Å². The molecule has 2 aliphatic rings. The number of allylic oxidation sites excluding steroid dienone is 1. The van der Waals surface area contributed by atoms with Crippen LogP contribution in [0.3, 0.4) is 0 Å². The molecule has 5 heteroatoms. The third kappa shape index (κ3) is 3.82. The topological polar surface area (TPSA) is 29.5 Å². The number of hydrogen-bond acceptors (Lipinski definition) is 3. The van der Waals surface area contributed by atoms with E-state index in [-0.39, 0.29) is 11.2 Å². The van der Waals surface area contributed by atoms with Crippen molar-refractivity contribution in [3.8, 4) is 0 Å². The standard InChI is InChI=1S/C31H24ClNO2S/c1-21-29(22-11-4-2-5-12-22)30(34)33-26-17-8-9-18-27(26)36-28(23-13-10-16-25(32)19-23)20-31(33,35-21)24-14-6-3-7-15-24/h2-19,28H,20H2,1H3. The van der Waals surface area contributed by atoms with E-state index in [1.54, 1.807) is 11.8 Å². The van der Waals surface area contributed by atoms with Gasteiger partial charge < -0.3 is 4.74 Å². The van der Waals surface area contributed by atoms with E-state index in [0.717, 1.165) is 27.3 Å². The second-order valence-corrected chi connectivity index (χ2v) is 10.7. The molecule has 0 fully saturated rings. The average molecular weight is 510 g/mol. The molecule has 2 unspecified atom stereocenters. The highest BCUT2D eigenvalue weighted by atomic mass is 35.5. The fourth-order valence-corrected chi connectivity index (χ4v) is 6.76. The van der Waals surface area contributed by atoms with Crippen LogP contribution in [-0.2, 0) is 15.3 Å². The maximum atomic E-state index is 14.5. The lowest BCUT2D eigenvalue weighted by Gasteiger charge is -2.47. The van der Waals surface area contributed by atoms with Gasteiger partial charge in [0.15, 0.2) is 0 Å². The zero-order valence-electron chi connectivity index (χ0n) is 19.7. The summed E-state index contributed by atoms with van der Waals surface area (Å²) < 4.78 is 6.96. The summed E-state index contributed by atoms with van der Waals surface area (Å²) in [6, 6.07) is 35.9. The maximum Gasteiger partial charge on any atom is 0.265 e. The van der Waals surface area contributed by atoms with Crippen molar-refractivity contribution >= 4 is 40.5 Å². The van der Waals surface area contributed by atoms with Crippen molar-refractivity contribution in [3.63, 3.8) is 0 Å². The zero-order chi connectivity index (χ0) is 24.7. The molecule has 4 aromatic rings. The van der Waals surface area contributed by atoms with Crippen LogP contribution in [0.5, 0.6) is 0 Å². The minimum atomic E-state index is -1.02. The second kappa shape index (κ2) is 9.20. The molecule has 6 rings (SSSR count). The molecule has 2 atom stereocenters.